The summed E-state index contributed by atoms with van der Waals surface area (Å²) in [4.78, 5) is 11.6. The molecule has 1 aromatic heterocycles. The van der Waals surface area contributed by atoms with Crippen molar-refractivity contribution in [2.75, 3.05) is 11.9 Å². The molecule has 0 saturated heterocycles. The van der Waals surface area contributed by atoms with Gasteiger partial charge in [0.15, 0.2) is 6.61 Å². The lowest BCUT2D eigenvalue weighted by atomic mass is 10.3. The SMILES string of the molecule is CCc1nnc(NC(=O)COc2ccc(F)c(Cl)c2)s1. The van der Waals surface area contributed by atoms with Crippen molar-refractivity contribution in [1.82, 2.24) is 10.2 Å². The molecule has 0 radical (unpaired) electrons. The number of halogens is 2. The highest BCUT2D eigenvalue weighted by Gasteiger charge is 2.09. The fraction of sp³-hybridized carbons (Fsp3) is 0.250. The van der Waals surface area contributed by atoms with Crippen molar-refractivity contribution in [1.29, 1.82) is 0 Å². The van der Waals surface area contributed by atoms with E-state index in [-0.39, 0.29) is 17.5 Å². The monoisotopic (exact) mass is 315 g/mol. The van der Waals surface area contributed by atoms with Gasteiger partial charge in [-0.25, -0.2) is 4.39 Å². The molecule has 1 N–H and O–H groups in total. The van der Waals surface area contributed by atoms with Gasteiger partial charge in [-0.05, 0) is 18.6 Å². The first-order chi connectivity index (χ1) is 9.58. The maximum atomic E-state index is 12.9. The van der Waals surface area contributed by atoms with E-state index in [1.54, 1.807) is 0 Å². The summed E-state index contributed by atoms with van der Waals surface area (Å²) < 4.78 is 18.1. The van der Waals surface area contributed by atoms with E-state index in [0.29, 0.717) is 10.9 Å². The summed E-state index contributed by atoms with van der Waals surface area (Å²) in [5, 5.41) is 11.5. The number of nitrogens with zero attached hydrogens (tertiary/aromatic N) is 2. The van der Waals surface area contributed by atoms with Crippen LogP contribution in [0.25, 0.3) is 0 Å². The highest BCUT2D eigenvalue weighted by Crippen LogP contribution is 2.21. The maximum absolute atomic E-state index is 12.9. The number of aryl methyl sites for hydroxylation is 1. The molecule has 0 unspecified atom stereocenters. The minimum absolute atomic E-state index is 0.0559. The van der Waals surface area contributed by atoms with Gasteiger partial charge in [-0.1, -0.05) is 29.9 Å². The zero-order valence-electron chi connectivity index (χ0n) is 10.5. The average molecular weight is 316 g/mol. The fourth-order valence-electron chi connectivity index (χ4n) is 1.32. The second-order valence-electron chi connectivity index (χ2n) is 3.77. The summed E-state index contributed by atoms with van der Waals surface area (Å²) in [6.45, 7) is 1.73. The Morgan fingerprint density at radius 3 is 2.95 bits per heavy atom. The summed E-state index contributed by atoms with van der Waals surface area (Å²) >= 11 is 6.91. The summed E-state index contributed by atoms with van der Waals surface area (Å²) in [5.41, 5.74) is 0. The molecule has 0 aliphatic carbocycles. The van der Waals surface area contributed by atoms with Crippen molar-refractivity contribution in [3.05, 3.63) is 34.0 Å². The van der Waals surface area contributed by atoms with Gasteiger partial charge in [0.2, 0.25) is 5.13 Å². The smallest absolute Gasteiger partial charge is 0.264 e. The van der Waals surface area contributed by atoms with Gasteiger partial charge in [-0.3, -0.25) is 10.1 Å². The largest absolute Gasteiger partial charge is 0.484 e. The Bertz CT molecular complexity index is 620. The molecule has 2 rings (SSSR count). The predicted octanol–water partition coefficient (Wildman–Crippen LogP) is 2.91. The number of hydrogen-bond donors (Lipinski definition) is 1. The quantitative estimate of drug-likeness (QED) is 0.921. The predicted molar refractivity (Wildman–Crippen MR) is 74.8 cm³/mol. The lowest BCUT2D eigenvalue weighted by molar-refractivity contribution is -0.118. The number of ether oxygens (including phenoxy) is 1. The number of anilines is 1. The van der Waals surface area contributed by atoms with Gasteiger partial charge in [0.05, 0.1) is 5.02 Å². The van der Waals surface area contributed by atoms with Crippen LogP contribution < -0.4 is 10.1 Å². The number of carbonyl (C=O) groups is 1. The zero-order chi connectivity index (χ0) is 14.5. The topological polar surface area (TPSA) is 64.1 Å². The van der Waals surface area contributed by atoms with Crippen LogP contribution in [0.5, 0.6) is 5.75 Å². The molecular formula is C12H11ClFN3O2S. The van der Waals surface area contributed by atoms with E-state index in [4.69, 9.17) is 16.3 Å². The minimum Gasteiger partial charge on any atom is -0.484 e. The normalized spacial score (nSPS) is 10.3. The van der Waals surface area contributed by atoms with Crippen LogP contribution in [0.2, 0.25) is 5.02 Å². The van der Waals surface area contributed by atoms with Crippen LogP contribution in [0.15, 0.2) is 18.2 Å². The maximum Gasteiger partial charge on any atom is 0.264 e. The highest BCUT2D eigenvalue weighted by molar-refractivity contribution is 7.15. The molecule has 0 atom stereocenters. The van der Waals surface area contributed by atoms with E-state index in [1.807, 2.05) is 6.92 Å². The third-order valence-corrected chi connectivity index (χ3v) is 3.55. The van der Waals surface area contributed by atoms with E-state index in [0.717, 1.165) is 11.4 Å². The van der Waals surface area contributed by atoms with Crippen LogP contribution in [0.1, 0.15) is 11.9 Å². The molecule has 1 amide bonds. The summed E-state index contributed by atoms with van der Waals surface area (Å²) in [7, 11) is 0. The van der Waals surface area contributed by atoms with E-state index < -0.39 is 5.82 Å². The number of nitrogens with one attached hydrogen (secondary N) is 1. The van der Waals surface area contributed by atoms with E-state index in [1.165, 1.54) is 29.5 Å². The van der Waals surface area contributed by atoms with Crippen molar-refractivity contribution in [2.24, 2.45) is 0 Å². The summed E-state index contributed by atoms with van der Waals surface area (Å²) in [6.07, 6.45) is 0.762. The lowest BCUT2D eigenvalue weighted by Gasteiger charge is -2.06. The summed E-state index contributed by atoms with van der Waals surface area (Å²) in [5.74, 6) is -0.591. The highest BCUT2D eigenvalue weighted by atomic mass is 35.5. The first-order valence-corrected chi connectivity index (χ1v) is 6.98. The molecule has 1 heterocycles. The molecule has 0 bridgehead atoms. The van der Waals surface area contributed by atoms with Gasteiger partial charge < -0.3 is 4.74 Å². The van der Waals surface area contributed by atoms with Crippen LogP contribution in [0.3, 0.4) is 0 Å². The Morgan fingerprint density at radius 2 is 2.30 bits per heavy atom. The van der Waals surface area contributed by atoms with Crippen molar-refractivity contribution in [3.8, 4) is 5.75 Å². The molecule has 106 valence electrons. The van der Waals surface area contributed by atoms with E-state index >= 15 is 0 Å². The molecule has 8 heteroatoms. The first-order valence-electron chi connectivity index (χ1n) is 5.78. The molecule has 0 aliphatic rings. The zero-order valence-corrected chi connectivity index (χ0v) is 12.1. The minimum atomic E-state index is -0.538. The van der Waals surface area contributed by atoms with Gasteiger partial charge in [0, 0.05) is 6.07 Å². The van der Waals surface area contributed by atoms with Gasteiger partial charge in [0.1, 0.15) is 16.6 Å². The first kappa shape index (κ1) is 14.7. The molecule has 0 aliphatic heterocycles. The molecule has 0 spiro atoms. The average Bonchev–Trinajstić information content (AvgIpc) is 2.88. The Kier molecular flexibility index (Phi) is 4.86. The lowest BCUT2D eigenvalue weighted by Crippen LogP contribution is -2.20. The Hall–Kier alpha value is -1.73. The standard InChI is InChI=1S/C12H11ClFN3O2S/c1-2-11-16-17-12(20-11)15-10(18)6-19-7-3-4-9(14)8(13)5-7/h3-5H,2,6H2,1H3,(H,15,17,18). The van der Waals surface area contributed by atoms with Crippen molar-refractivity contribution >= 4 is 34.0 Å². The van der Waals surface area contributed by atoms with Crippen LogP contribution in [0, 0.1) is 5.82 Å². The molecule has 5 nitrogen and oxygen atoms in total. The number of aromatic nitrogens is 2. The van der Waals surface area contributed by atoms with Gasteiger partial charge in [-0.15, -0.1) is 10.2 Å². The van der Waals surface area contributed by atoms with Crippen molar-refractivity contribution < 1.29 is 13.9 Å². The number of benzene rings is 1. The second kappa shape index (κ2) is 6.62. The van der Waals surface area contributed by atoms with E-state index in [9.17, 15) is 9.18 Å². The van der Waals surface area contributed by atoms with Crippen LogP contribution in [-0.2, 0) is 11.2 Å². The second-order valence-corrected chi connectivity index (χ2v) is 5.24. The van der Waals surface area contributed by atoms with Gasteiger partial charge in [-0.2, -0.15) is 0 Å². The van der Waals surface area contributed by atoms with Crippen molar-refractivity contribution in [3.63, 3.8) is 0 Å². The summed E-state index contributed by atoms with van der Waals surface area (Å²) in [6, 6.07) is 3.88. The molecule has 2 aromatic rings. The number of carbonyl (C=O) groups excluding carboxylic acids is 1. The molecule has 0 saturated carbocycles. The number of amides is 1. The van der Waals surface area contributed by atoms with Crippen LogP contribution >= 0.6 is 22.9 Å². The Morgan fingerprint density at radius 1 is 1.50 bits per heavy atom. The third kappa shape index (κ3) is 3.88. The third-order valence-electron chi connectivity index (χ3n) is 2.28. The number of hydrogen-bond acceptors (Lipinski definition) is 5. The number of rotatable bonds is 5. The Labute approximate surface area is 123 Å². The van der Waals surface area contributed by atoms with Crippen molar-refractivity contribution in [2.45, 2.75) is 13.3 Å². The van der Waals surface area contributed by atoms with E-state index in [2.05, 4.69) is 15.5 Å². The Balaban J connectivity index is 1.87. The molecule has 1 aromatic carbocycles. The molecule has 0 fully saturated rings. The molecule has 20 heavy (non-hydrogen) atoms. The molecular weight excluding hydrogens is 305 g/mol. The fourth-order valence-corrected chi connectivity index (χ4v) is 2.18. The van der Waals surface area contributed by atoms with Gasteiger partial charge in [0.25, 0.3) is 5.91 Å². The van der Waals surface area contributed by atoms with Gasteiger partial charge >= 0.3 is 0 Å². The van der Waals surface area contributed by atoms with Crippen LogP contribution in [0.4, 0.5) is 9.52 Å². The van der Waals surface area contributed by atoms with Crippen LogP contribution in [-0.4, -0.2) is 22.7 Å².